The molecular formula is C38H34N5+. The standard InChI is InChI=1S/C38H34N5/c1-43(2,3)36-26-28(22-25-40-36)34-21-20-32-33-27-39-24-23-35(33)42(37(32)41-34)38(30-16-10-6-11-17-30,31-18-12-7-13-19-31)29-14-8-4-5-9-15-29/h4-8,10-27H,9H2,1-3H3/q+1. The van der Waals surface area contributed by atoms with E-state index in [0.717, 1.165) is 56.6 Å². The van der Waals surface area contributed by atoms with E-state index < -0.39 is 5.54 Å². The molecule has 0 spiro atoms. The molecule has 0 fully saturated rings. The average Bonchev–Trinajstić information content (AvgIpc) is 3.16. The summed E-state index contributed by atoms with van der Waals surface area (Å²) in [6.07, 6.45) is 17.7. The lowest BCUT2D eigenvalue weighted by Gasteiger charge is -2.39. The highest BCUT2D eigenvalue weighted by atomic mass is 15.3. The molecular weight excluding hydrogens is 526 g/mol. The van der Waals surface area contributed by atoms with Crippen LogP contribution in [0.3, 0.4) is 0 Å². The second-order valence-electron chi connectivity index (χ2n) is 11.8. The van der Waals surface area contributed by atoms with Crippen molar-refractivity contribution in [3.05, 3.63) is 157 Å². The number of hydrogen-bond donors (Lipinski definition) is 0. The number of fused-ring (bicyclic) bond motifs is 3. The van der Waals surface area contributed by atoms with Crippen LogP contribution in [0.5, 0.6) is 0 Å². The van der Waals surface area contributed by atoms with Crippen molar-refractivity contribution >= 4 is 27.8 Å². The van der Waals surface area contributed by atoms with Crippen LogP contribution in [0.4, 0.5) is 5.82 Å². The van der Waals surface area contributed by atoms with Crippen molar-refractivity contribution < 1.29 is 0 Å². The van der Waals surface area contributed by atoms with Gasteiger partial charge in [0.15, 0.2) is 0 Å². The van der Waals surface area contributed by atoms with Gasteiger partial charge in [-0.2, -0.15) is 0 Å². The Morgan fingerprint density at radius 1 is 0.767 bits per heavy atom. The van der Waals surface area contributed by atoms with Gasteiger partial charge >= 0.3 is 0 Å². The SMILES string of the molecule is C[N+](C)(C)c1cc(-c2ccc3c4cnccc4n(C(C4=CCC=CC=C4)(c4ccccc4)c4ccccc4)c3n2)ccn1. The quantitative estimate of drug-likeness (QED) is 0.194. The highest BCUT2D eigenvalue weighted by molar-refractivity contribution is 6.07. The van der Waals surface area contributed by atoms with Crippen molar-refractivity contribution in [1.82, 2.24) is 24.0 Å². The summed E-state index contributed by atoms with van der Waals surface area (Å²) in [5.74, 6) is 0.980. The fraction of sp³-hybridized carbons (Fsp3) is 0.132. The Kier molecular flexibility index (Phi) is 6.60. The summed E-state index contributed by atoms with van der Waals surface area (Å²) in [7, 11) is 6.39. The van der Waals surface area contributed by atoms with E-state index in [9.17, 15) is 0 Å². The molecule has 6 aromatic rings. The second kappa shape index (κ2) is 10.6. The van der Waals surface area contributed by atoms with Crippen LogP contribution in [0, 0.1) is 0 Å². The minimum atomic E-state index is -0.705. The molecule has 7 rings (SSSR count). The third-order valence-corrected chi connectivity index (χ3v) is 8.28. The van der Waals surface area contributed by atoms with E-state index in [1.54, 1.807) is 0 Å². The highest BCUT2D eigenvalue weighted by Gasteiger charge is 2.41. The summed E-state index contributed by atoms with van der Waals surface area (Å²) in [4.78, 5) is 14.7. The van der Waals surface area contributed by atoms with E-state index in [4.69, 9.17) is 4.98 Å². The molecule has 0 saturated carbocycles. The Labute approximate surface area is 252 Å². The van der Waals surface area contributed by atoms with Gasteiger partial charge in [0.1, 0.15) is 11.2 Å². The van der Waals surface area contributed by atoms with Gasteiger partial charge in [0.25, 0.3) is 0 Å². The lowest BCUT2D eigenvalue weighted by molar-refractivity contribution is 0.473. The third kappa shape index (κ3) is 4.49. The summed E-state index contributed by atoms with van der Waals surface area (Å²) >= 11 is 0. The molecule has 0 radical (unpaired) electrons. The largest absolute Gasteiger partial charge is 0.307 e. The van der Waals surface area contributed by atoms with Gasteiger partial charge in [-0.15, -0.1) is 0 Å². The molecule has 43 heavy (non-hydrogen) atoms. The lowest BCUT2D eigenvalue weighted by atomic mass is 9.75. The molecule has 4 heterocycles. The fourth-order valence-electron chi connectivity index (χ4n) is 6.27. The van der Waals surface area contributed by atoms with Crippen molar-refractivity contribution in [2.75, 3.05) is 21.1 Å². The number of pyridine rings is 3. The maximum Gasteiger partial charge on any atom is 0.227 e. The van der Waals surface area contributed by atoms with E-state index in [1.165, 1.54) is 5.57 Å². The van der Waals surface area contributed by atoms with Crippen LogP contribution in [0.1, 0.15) is 17.5 Å². The molecule has 0 N–H and O–H groups in total. The van der Waals surface area contributed by atoms with Crippen LogP contribution in [0.25, 0.3) is 33.2 Å². The Hall–Kier alpha value is -5.13. The first-order chi connectivity index (χ1) is 21.0. The van der Waals surface area contributed by atoms with E-state index in [1.807, 2.05) is 24.7 Å². The number of aromatic nitrogens is 4. The lowest BCUT2D eigenvalue weighted by Crippen LogP contribution is -2.38. The first-order valence-electron chi connectivity index (χ1n) is 14.7. The minimum Gasteiger partial charge on any atom is -0.307 e. The minimum absolute atomic E-state index is 0.627. The Morgan fingerprint density at radius 3 is 2.23 bits per heavy atom. The molecule has 0 atom stereocenters. The molecule has 1 aliphatic rings. The molecule has 1 aliphatic carbocycles. The van der Waals surface area contributed by atoms with E-state index >= 15 is 0 Å². The van der Waals surface area contributed by atoms with E-state index in [2.05, 4.69) is 151 Å². The van der Waals surface area contributed by atoms with Gasteiger partial charge in [-0.05, 0) is 47.4 Å². The molecule has 2 aromatic carbocycles. The number of rotatable bonds is 6. The predicted octanol–water partition coefficient (Wildman–Crippen LogP) is 8.08. The maximum absolute atomic E-state index is 5.47. The van der Waals surface area contributed by atoms with Crippen molar-refractivity contribution in [1.29, 1.82) is 0 Å². The van der Waals surface area contributed by atoms with Crippen molar-refractivity contribution in [2.45, 2.75) is 12.0 Å². The molecule has 0 amide bonds. The van der Waals surface area contributed by atoms with Crippen LogP contribution < -0.4 is 4.48 Å². The average molecular weight is 561 g/mol. The predicted molar refractivity (Wildman–Crippen MR) is 178 cm³/mol. The Morgan fingerprint density at radius 2 is 1.51 bits per heavy atom. The summed E-state index contributed by atoms with van der Waals surface area (Å²) in [6, 6.07) is 32.3. The zero-order chi connectivity index (χ0) is 29.4. The van der Waals surface area contributed by atoms with Gasteiger partial charge in [-0.3, -0.25) is 9.47 Å². The highest BCUT2D eigenvalue weighted by Crippen LogP contribution is 2.47. The van der Waals surface area contributed by atoms with Gasteiger partial charge in [0.2, 0.25) is 5.82 Å². The molecule has 5 heteroatoms. The molecule has 210 valence electrons. The van der Waals surface area contributed by atoms with Crippen LogP contribution in [0.15, 0.2) is 146 Å². The number of benzene rings is 2. The maximum atomic E-state index is 5.47. The smallest absolute Gasteiger partial charge is 0.227 e. The van der Waals surface area contributed by atoms with Crippen LogP contribution in [-0.2, 0) is 5.54 Å². The second-order valence-corrected chi connectivity index (χ2v) is 11.8. The first-order valence-corrected chi connectivity index (χ1v) is 14.7. The molecule has 0 aliphatic heterocycles. The zero-order valence-electron chi connectivity index (χ0n) is 24.7. The Bertz CT molecular complexity index is 1990. The normalized spacial score (nSPS) is 13.8. The first kappa shape index (κ1) is 26.7. The van der Waals surface area contributed by atoms with Gasteiger partial charge in [0.05, 0.1) is 32.4 Å². The monoisotopic (exact) mass is 560 g/mol. The molecule has 0 unspecified atom stereocenters. The van der Waals surface area contributed by atoms with Crippen LogP contribution in [0.2, 0.25) is 0 Å². The summed E-state index contributed by atoms with van der Waals surface area (Å²) < 4.78 is 3.07. The van der Waals surface area contributed by atoms with Crippen LogP contribution in [-0.4, -0.2) is 40.7 Å². The third-order valence-electron chi connectivity index (χ3n) is 8.28. The number of allylic oxidation sites excluding steroid dienone is 6. The van der Waals surface area contributed by atoms with Crippen molar-refractivity contribution in [2.24, 2.45) is 0 Å². The summed E-state index contributed by atoms with van der Waals surface area (Å²) in [6.45, 7) is 0. The number of nitrogens with zero attached hydrogens (tertiary/aromatic N) is 5. The van der Waals surface area contributed by atoms with E-state index in [-0.39, 0.29) is 0 Å². The van der Waals surface area contributed by atoms with Crippen LogP contribution >= 0.6 is 0 Å². The topological polar surface area (TPSA) is 43.6 Å². The van der Waals surface area contributed by atoms with Gasteiger partial charge < -0.3 is 4.57 Å². The molecule has 0 saturated heterocycles. The number of quaternary nitrogens is 1. The Balaban J connectivity index is 1.64. The summed E-state index contributed by atoms with van der Waals surface area (Å²) in [5.41, 5.74) is 6.74. The molecule has 0 bridgehead atoms. The fourth-order valence-corrected chi connectivity index (χ4v) is 6.27. The zero-order valence-corrected chi connectivity index (χ0v) is 24.7. The number of hydrogen-bond acceptors (Lipinski definition) is 3. The van der Waals surface area contributed by atoms with E-state index in [0.29, 0.717) is 4.48 Å². The van der Waals surface area contributed by atoms with Gasteiger partial charge in [-0.25, -0.2) is 9.97 Å². The van der Waals surface area contributed by atoms with Gasteiger partial charge in [-0.1, -0.05) is 91.0 Å². The van der Waals surface area contributed by atoms with Crippen molar-refractivity contribution in [3.8, 4) is 11.3 Å². The van der Waals surface area contributed by atoms with Crippen molar-refractivity contribution in [3.63, 3.8) is 0 Å². The van der Waals surface area contributed by atoms with Gasteiger partial charge in [0, 0.05) is 41.0 Å². The molecule has 4 aromatic heterocycles. The molecule has 5 nitrogen and oxygen atoms in total. The summed E-state index contributed by atoms with van der Waals surface area (Å²) in [5, 5.41) is 2.14.